The van der Waals surface area contributed by atoms with Crippen molar-refractivity contribution in [1.82, 2.24) is 15.2 Å². The van der Waals surface area contributed by atoms with Crippen LogP contribution in [0.3, 0.4) is 0 Å². The number of nitrogens with zero attached hydrogens (tertiary/aromatic N) is 3. The van der Waals surface area contributed by atoms with Crippen LogP contribution in [0.5, 0.6) is 0 Å². The van der Waals surface area contributed by atoms with Crippen LogP contribution >= 0.6 is 11.6 Å². The van der Waals surface area contributed by atoms with Gasteiger partial charge in [-0.3, -0.25) is 0 Å². The van der Waals surface area contributed by atoms with E-state index in [0.29, 0.717) is 11.6 Å². The van der Waals surface area contributed by atoms with E-state index < -0.39 is 0 Å². The molecule has 4 nitrogen and oxygen atoms in total. The summed E-state index contributed by atoms with van der Waals surface area (Å²) in [6, 6.07) is 7.51. The van der Waals surface area contributed by atoms with Crippen molar-refractivity contribution in [1.29, 1.82) is 0 Å². The van der Waals surface area contributed by atoms with E-state index in [2.05, 4.69) is 10.3 Å². The largest absolute Gasteiger partial charge is 0.391 e. The molecule has 0 saturated carbocycles. The first kappa shape index (κ1) is 9.02. The Labute approximate surface area is 86.0 Å². The molecule has 1 aromatic heterocycles. The molecule has 0 aliphatic rings. The van der Waals surface area contributed by atoms with Crippen LogP contribution < -0.4 is 4.84 Å². The predicted molar refractivity (Wildman–Crippen MR) is 51.8 cm³/mol. The maximum Gasteiger partial charge on any atom is 0.143 e. The maximum absolute atomic E-state index is 5.94. The average molecular weight is 210 g/mol. The number of halogens is 1. The molecule has 0 unspecified atom stereocenters. The van der Waals surface area contributed by atoms with Crippen molar-refractivity contribution >= 4 is 11.6 Å². The first-order valence-corrected chi connectivity index (χ1v) is 4.47. The van der Waals surface area contributed by atoms with Gasteiger partial charge < -0.3 is 4.84 Å². The third-order valence-corrected chi connectivity index (χ3v) is 2.08. The third kappa shape index (κ3) is 2.03. The molecule has 0 amide bonds. The highest BCUT2D eigenvalue weighted by Crippen LogP contribution is 2.14. The van der Waals surface area contributed by atoms with Crippen molar-refractivity contribution in [3.05, 3.63) is 47.2 Å². The second kappa shape index (κ2) is 4.11. The van der Waals surface area contributed by atoms with Crippen molar-refractivity contribution in [3.8, 4) is 0 Å². The number of rotatable bonds is 3. The van der Waals surface area contributed by atoms with Crippen LogP contribution in [-0.2, 0) is 6.61 Å². The van der Waals surface area contributed by atoms with Crippen LogP contribution in [0.4, 0.5) is 0 Å². The molecular formula is C9H8ClN3O. The van der Waals surface area contributed by atoms with Crippen molar-refractivity contribution < 1.29 is 4.84 Å². The van der Waals surface area contributed by atoms with Gasteiger partial charge in [0.25, 0.3) is 0 Å². The van der Waals surface area contributed by atoms with Crippen LogP contribution in [-0.4, -0.2) is 15.2 Å². The molecule has 0 aliphatic heterocycles. The quantitative estimate of drug-likeness (QED) is 0.770. The molecule has 0 N–H and O–H groups in total. The number of hydrogen-bond donors (Lipinski definition) is 0. The minimum absolute atomic E-state index is 0.378. The Kier molecular flexibility index (Phi) is 2.65. The highest BCUT2D eigenvalue weighted by atomic mass is 35.5. The van der Waals surface area contributed by atoms with Gasteiger partial charge in [-0.15, -0.1) is 5.10 Å². The number of aromatic nitrogens is 3. The second-order valence-corrected chi connectivity index (χ2v) is 3.08. The molecule has 0 fully saturated rings. The lowest BCUT2D eigenvalue weighted by atomic mass is 10.2. The zero-order valence-corrected chi connectivity index (χ0v) is 8.05. The number of benzene rings is 1. The fourth-order valence-corrected chi connectivity index (χ4v) is 1.21. The summed E-state index contributed by atoms with van der Waals surface area (Å²) >= 11 is 5.94. The van der Waals surface area contributed by atoms with Crippen LogP contribution in [0.15, 0.2) is 36.7 Å². The Morgan fingerprint density at radius 3 is 2.93 bits per heavy atom. The van der Waals surface area contributed by atoms with Gasteiger partial charge in [0.2, 0.25) is 0 Å². The molecule has 0 radical (unpaired) electrons. The minimum Gasteiger partial charge on any atom is -0.391 e. The summed E-state index contributed by atoms with van der Waals surface area (Å²) in [6.45, 7) is 0.378. The third-order valence-electron chi connectivity index (χ3n) is 1.71. The van der Waals surface area contributed by atoms with E-state index in [4.69, 9.17) is 16.4 Å². The summed E-state index contributed by atoms with van der Waals surface area (Å²) in [7, 11) is 0. The van der Waals surface area contributed by atoms with Crippen molar-refractivity contribution in [2.75, 3.05) is 0 Å². The van der Waals surface area contributed by atoms with Gasteiger partial charge in [0, 0.05) is 10.6 Å². The van der Waals surface area contributed by atoms with Crippen molar-refractivity contribution in [3.63, 3.8) is 0 Å². The molecule has 0 saturated heterocycles. The Morgan fingerprint density at radius 2 is 2.21 bits per heavy atom. The summed E-state index contributed by atoms with van der Waals surface area (Å²) < 4.78 is 0. The number of hydrogen-bond acceptors (Lipinski definition) is 3. The first-order chi connectivity index (χ1) is 6.86. The smallest absolute Gasteiger partial charge is 0.143 e. The Morgan fingerprint density at radius 1 is 1.36 bits per heavy atom. The summed E-state index contributed by atoms with van der Waals surface area (Å²) in [6.07, 6.45) is 3.17. The standard InChI is InChI=1S/C9H8ClN3O/c10-9-4-2-1-3-8(9)7-14-13-6-5-11-12-13/h1-6H,7H2. The van der Waals surface area contributed by atoms with E-state index in [1.54, 1.807) is 12.4 Å². The van der Waals surface area contributed by atoms with Crippen LogP contribution in [0.2, 0.25) is 5.02 Å². The Bertz CT molecular complexity index is 402. The van der Waals surface area contributed by atoms with Gasteiger partial charge in [0.05, 0.1) is 12.4 Å². The van der Waals surface area contributed by atoms with Gasteiger partial charge in [0.1, 0.15) is 6.61 Å². The monoisotopic (exact) mass is 209 g/mol. The molecule has 0 aliphatic carbocycles. The van der Waals surface area contributed by atoms with Gasteiger partial charge in [-0.05, 0) is 11.3 Å². The summed E-state index contributed by atoms with van der Waals surface area (Å²) in [5.74, 6) is 0. The highest BCUT2D eigenvalue weighted by Gasteiger charge is 1.99. The van der Waals surface area contributed by atoms with Crippen LogP contribution in [0, 0.1) is 0 Å². The summed E-state index contributed by atoms with van der Waals surface area (Å²) in [5, 5.41) is 7.96. The molecule has 1 aromatic carbocycles. The normalized spacial score (nSPS) is 10.1. The Hall–Kier alpha value is -1.55. The van der Waals surface area contributed by atoms with E-state index in [1.165, 1.54) is 4.85 Å². The zero-order valence-electron chi connectivity index (χ0n) is 7.30. The van der Waals surface area contributed by atoms with Gasteiger partial charge in [0.15, 0.2) is 0 Å². The molecule has 2 rings (SSSR count). The molecule has 0 bridgehead atoms. The maximum atomic E-state index is 5.94. The molecule has 0 spiro atoms. The zero-order chi connectivity index (χ0) is 9.80. The molecule has 0 atom stereocenters. The lowest BCUT2D eigenvalue weighted by molar-refractivity contribution is 0.0661. The van der Waals surface area contributed by atoms with Crippen LogP contribution in [0.1, 0.15) is 5.56 Å². The molecular weight excluding hydrogens is 202 g/mol. The second-order valence-electron chi connectivity index (χ2n) is 2.67. The highest BCUT2D eigenvalue weighted by molar-refractivity contribution is 6.31. The molecule has 2 aromatic rings. The SMILES string of the molecule is Clc1ccccc1COn1ccnn1. The van der Waals surface area contributed by atoms with E-state index in [0.717, 1.165) is 5.56 Å². The molecule has 72 valence electrons. The van der Waals surface area contributed by atoms with E-state index >= 15 is 0 Å². The van der Waals surface area contributed by atoms with Gasteiger partial charge in [-0.1, -0.05) is 34.6 Å². The van der Waals surface area contributed by atoms with Gasteiger partial charge in [-0.25, -0.2) is 0 Å². The first-order valence-electron chi connectivity index (χ1n) is 4.09. The molecule has 5 heteroatoms. The fraction of sp³-hybridized carbons (Fsp3) is 0.111. The summed E-state index contributed by atoms with van der Waals surface area (Å²) in [4.78, 5) is 6.57. The van der Waals surface area contributed by atoms with Crippen molar-refractivity contribution in [2.24, 2.45) is 0 Å². The van der Waals surface area contributed by atoms with Gasteiger partial charge in [-0.2, -0.15) is 0 Å². The van der Waals surface area contributed by atoms with Gasteiger partial charge >= 0.3 is 0 Å². The molecule has 1 heterocycles. The predicted octanol–water partition coefficient (Wildman–Crippen LogP) is 1.56. The van der Waals surface area contributed by atoms with E-state index in [1.807, 2.05) is 24.3 Å². The van der Waals surface area contributed by atoms with E-state index in [-0.39, 0.29) is 0 Å². The lowest BCUT2D eigenvalue weighted by Gasteiger charge is -2.04. The minimum atomic E-state index is 0.378. The van der Waals surface area contributed by atoms with Crippen LogP contribution in [0.25, 0.3) is 0 Å². The Balaban J connectivity index is 2.02. The lowest BCUT2D eigenvalue weighted by Crippen LogP contribution is -2.11. The topological polar surface area (TPSA) is 39.9 Å². The molecule has 14 heavy (non-hydrogen) atoms. The van der Waals surface area contributed by atoms with E-state index in [9.17, 15) is 0 Å². The fourth-order valence-electron chi connectivity index (χ4n) is 1.02. The van der Waals surface area contributed by atoms with Crippen molar-refractivity contribution in [2.45, 2.75) is 6.61 Å². The summed E-state index contributed by atoms with van der Waals surface area (Å²) in [5.41, 5.74) is 0.921. The average Bonchev–Trinajstić information content (AvgIpc) is 2.69.